The summed E-state index contributed by atoms with van der Waals surface area (Å²) in [5, 5.41) is 12.8. The van der Waals surface area contributed by atoms with Crippen molar-refractivity contribution in [1.29, 1.82) is 0 Å². The average Bonchev–Trinajstić information content (AvgIpc) is 2.38. The summed E-state index contributed by atoms with van der Waals surface area (Å²) in [4.78, 5) is 12.0. The van der Waals surface area contributed by atoms with Gasteiger partial charge in [0.15, 0.2) is 5.75 Å². The third-order valence-corrected chi connectivity index (χ3v) is 3.17. The van der Waals surface area contributed by atoms with Crippen LogP contribution in [-0.4, -0.2) is 18.1 Å². The number of carbonyl (C=O) groups is 1. The first-order valence-electron chi connectivity index (χ1n) is 5.65. The van der Waals surface area contributed by atoms with E-state index in [-0.39, 0.29) is 21.4 Å². The Morgan fingerprint density at radius 2 is 1.80 bits per heavy atom. The summed E-state index contributed by atoms with van der Waals surface area (Å²) in [6.07, 6.45) is 0. The molecule has 2 N–H and O–H groups in total. The molecule has 2 aromatic rings. The Labute approximate surface area is 125 Å². The predicted octanol–water partition coefficient (Wildman–Crippen LogP) is 3.96. The number of carbonyl (C=O) groups excluding carboxylic acids is 1. The highest BCUT2D eigenvalue weighted by molar-refractivity contribution is 6.37. The second-order valence-corrected chi connectivity index (χ2v) is 4.76. The summed E-state index contributed by atoms with van der Waals surface area (Å²) in [5.41, 5.74) is 0.574. The van der Waals surface area contributed by atoms with Gasteiger partial charge in [-0.15, -0.1) is 0 Å². The fourth-order valence-electron chi connectivity index (χ4n) is 1.69. The number of amides is 1. The van der Waals surface area contributed by atoms with Crippen LogP contribution >= 0.6 is 23.2 Å². The van der Waals surface area contributed by atoms with Crippen LogP contribution in [0.2, 0.25) is 10.0 Å². The van der Waals surface area contributed by atoms with Gasteiger partial charge in [-0.25, -0.2) is 0 Å². The number of phenolic OH excluding ortho intramolecular Hbond substituents is 1. The highest BCUT2D eigenvalue weighted by Gasteiger charge is 2.13. The first-order valence-corrected chi connectivity index (χ1v) is 6.41. The molecule has 0 bridgehead atoms. The number of methoxy groups -OCH3 is 1. The van der Waals surface area contributed by atoms with Crippen molar-refractivity contribution in [2.24, 2.45) is 0 Å². The molecule has 6 heteroatoms. The van der Waals surface area contributed by atoms with E-state index in [1.54, 1.807) is 12.1 Å². The highest BCUT2D eigenvalue weighted by Crippen LogP contribution is 2.35. The number of benzene rings is 2. The molecule has 0 saturated heterocycles. The third-order valence-electron chi connectivity index (χ3n) is 2.61. The van der Waals surface area contributed by atoms with E-state index in [0.29, 0.717) is 11.4 Å². The minimum Gasteiger partial charge on any atom is -0.507 e. The molecule has 0 saturated carbocycles. The van der Waals surface area contributed by atoms with Crippen molar-refractivity contribution >= 4 is 34.8 Å². The smallest absolute Gasteiger partial charge is 0.259 e. The van der Waals surface area contributed by atoms with E-state index in [2.05, 4.69) is 5.32 Å². The van der Waals surface area contributed by atoms with Gasteiger partial charge in [-0.05, 0) is 24.3 Å². The van der Waals surface area contributed by atoms with Crippen LogP contribution in [-0.2, 0) is 0 Å². The Hall–Kier alpha value is -1.91. The van der Waals surface area contributed by atoms with Gasteiger partial charge in [-0.3, -0.25) is 4.79 Å². The van der Waals surface area contributed by atoms with Gasteiger partial charge in [0.25, 0.3) is 5.91 Å². The highest BCUT2D eigenvalue weighted by atomic mass is 35.5. The van der Waals surface area contributed by atoms with E-state index in [4.69, 9.17) is 27.9 Å². The van der Waals surface area contributed by atoms with Gasteiger partial charge in [0.05, 0.1) is 22.7 Å². The van der Waals surface area contributed by atoms with Crippen molar-refractivity contribution < 1.29 is 14.6 Å². The van der Waals surface area contributed by atoms with Gasteiger partial charge in [0.2, 0.25) is 0 Å². The predicted molar refractivity (Wildman–Crippen MR) is 79.1 cm³/mol. The van der Waals surface area contributed by atoms with Crippen LogP contribution in [0.1, 0.15) is 10.4 Å². The van der Waals surface area contributed by atoms with E-state index >= 15 is 0 Å². The van der Waals surface area contributed by atoms with Gasteiger partial charge in [0, 0.05) is 5.69 Å². The summed E-state index contributed by atoms with van der Waals surface area (Å²) in [6, 6.07) is 9.27. The van der Waals surface area contributed by atoms with Crippen molar-refractivity contribution in [3.63, 3.8) is 0 Å². The van der Waals surface area contributed by atoms with Crippen LogP contribution in [0, 0.1) is 0 Å². The summed E-state index contributed by atoms with van der Waals surface area (Å²) in [7, 11) is 1.45. The van der Waals surface area contributed by atoms with E-state index in [9.17, 15) is 9.90 Å². The maximum Gasteiger partial charge on any atom is 0.259 e. The minimum atomic E-state index is -0.458. The Morgan fingerprint density at radius 1 is 1.20 bits per heavy atom. The molecule has 0 heterocycles. The lowest BCUT2D eigenvalue weighted by Gasteiger charge is -2.10. The molecule has 20 heavy (non-hydrogen) atoms. The quantitative estimate of drug-likeness (QED) is 0.902. The largest absolute Gasteiger partial charge is 0.507 e. The van der Waals surface area contributed by atoms with Gasteiger partial charge in [-0.1, -0.05) is 35.3 Å². The van der Waals surface area contributed by atoms with E-state index in [1.807, 2.05) is 0 Å². The molecule has 1 amide bonds. The molecule has 0 atom stereocenters. The minimum absolute atomic E-state index is 0.101. The number of halogens is 2. The zero-order valence-corrected chi connectivity index (χ0v) is 12.0. The van der Waals surface area contributed by atoms with Crippen molar-refractivity contribution in [1.82, 2.24) is 0 Å². The molecule has 0 aromatic heterocycles. The Kier molecular flexibility index (Phi) is 4.37. The number of hydrogen-bond donors (Lipinski definition) is 2. The van der Waals surface area contributed by atoms with Crippen molar-refractivity contribution in [2.75, 3.05) is 12.4 Å². The van der Waals surface area contributed by atoms with Gasteiger partial charge in [-0.2, -0.15) is 0 Å². The van der Waals surface area contributed by atoms with Crippen LogP contribution in [0.5, 0.6) is 11.5 Å². The van der Waals surface area contributed by atoms with Crippen LogP contribution in [0.4, 0.5) is 5.69 Å². The Morgan fingerprint density at radius 3 is 2.35 bits per heavy atom. The summed E-state index contributed by atoms with van der Waals surface area (Å²) in [5.74, 6) is -0.218. The van der Waals surface area contributed by atoms with Crippen molar-refractivity contribution in [3.8, 4) is 11.5 Å². The first kappa shape index (κ1) is 14.5. The number of rotatable bonds is 3. The second kappa shape index (κ2) is 6.03. The molecule has 0 fully saturated rings. The zero-order chi connectivity index (χ0) is 14.7. The first-order chi connectivity index (χ1) is 9.52. The maximum absolute atomic E-state index is 12.0. The van der Waals surface area contributed by atoms with Gasteiger partial charge >= 0.3 is 0 Å². The Balaban J connectivity index is 2.27. The molecule has 0 aliphatic heterocycles. The third kappa shape index (κ3) is 2.98. The van der Waals surface area contributed by atoms with Crippen LogP contribution in [0.15, 0.2) is 36.4 Å². The summed E-state index contributed by atoms with van der Waals surface area (Å²) in [6.45, 7) is 0. The zero-order valence-electron chi connectivity index (χ0n) is 10.5. The monoisotopic (exact) mass is 311 g/mol. The molecular formula is C14H11Cl2NO3. The average molecular weight is 312 g/mol. The fraction of sp³-hybridized carbons (Fsp3) is 0.0714. The fourth-order valence-corrected chi connectivity index (χ4v) is 2.33. The SMILES string of the molecule is COc1c(Cl)cc(NC(=O)c2ccccc2O)cc1Cl. The van der Waals surface area contributed by atoms with E-state index in [1.165, 1.54) is 31.4 Å². The standard InChI is InChI=1S/C14H11Cl2NO3/c1-20-13-10(15)6-8(7-11(13)16)17-14(19)9-4-2-3-5-12(9)18/h2-7,18H,1H3,(H,17,19). The summed E-state index contributed by atoms with van der Waals surface area (Å²) >= 11 is 12.0. The van der Waals surface area contributed by atoms with Crippen LogP contribution in [0.3, 0.4) is 0 Å². The molecule has 104 valence electrons. The number of phenols is 1. The van der Waals surface area contributed by atoms with Gasteiger partial charge < -0.3 is 15.2 Å². The van der Waals surface area contributed by atoms with Crippen molar-refractivity contribution in [2.45, 2.75) is 0 Å². The molecule has 2 rings (SSSR count). The van der Waals surface area contributed by atoms with Crippen LogP contribution in [0.25, 0.3) is 0 Å². The number of para-hydroxylation sites is 1. The van der Waals surface area contributed by atoms with Crippen LogP contribution < -0.4 is 10.1 Å². The summed E-state index contributed by atoms with van der Waals surface area (Å²) < 4.78 is 5.02. The number of aromatic hydroxyl groups is 1. The lowest BCUT2D eigenvalue weighted by molar-refractivity contribution is 0.102. The number of hydrogen-bond acceptors (Lipinski definition) is 3. The molecule has 2 aromatic carbocycles. The lowest BCUT2D eigenvalue weighted by Crippen LogP contribution is -2.12. The second-order valence-electron chi connectivity index (χ2n) is 3.94. The normalized spacial score (nSPS) is 10.2. The number of ether oxygens (including phenoxy) is 1. The molecule has 0 radical (unpaired) electrons. The topological polar surface area (TPSA) is 58.6 Å². The molecular weight excluding hydrogens is 301 g/mol. The number of anilines is 1. The maximum atomic E-state index is 12.0. The van der Waals surface area contributed by atoms with Crippen molar-refractivity contribution in [3.05, 3.63) is 52.0 Å². The van der Waals surface area contributed by atoms with Gasteiger partial charge in [0.1, 0.15) is 5.75 Å². The molecule has 0 spiro atoms. The number of nitrogens with one attached hydrogen (secondary N) is 1. The van der Waals surface area contributed by atoms with E-state index in [0.717, 1.165) is 0 Å². The molecule has 4 nitrogen and oxygen atoms in total. The molecule has 0 aliphatic carbocycles. The van der Waals surface area contributed by atoms with E-state index < -0.39 is 5.91 Å². The lowest BCUT2D eigenvalue weighted by atomic mass is 10.2. The molecule has 0 unspecified atom stereocenters. The molecule has 0 aliphatic rings. The Bertz CT molecular complexity index is 636.